The molecule has 0 aliphatic carbocycles. The van der Waals surface area contributed by atoms with Gasteiger partial charge in [-0.2, -0.15) is 0 Å². The Kier molecular flexibility index (Phi) is 8.04. The van der Waals surface area contributed by atoms with Gasteiger partial charge in [0.1, 0.15) is 0 Å². The molecule has 320 valence electrons. The van der Waals surface area contributed by atoms with E-state index < -0.39 is 0 Å². The second-order valence-corrected chi connectivity index (χ2v) is 18.3. The zero-order valence-corrected chi connectivity index (χ0v) is 37.4. The van der Waals surface area contributed by atoms with Crippen LogP contribution in [0.3, 0.4) is 0 Å². The standard InChI is InChI=1S/C65H40N4/c1-2-18-47(19-3-1)67-58-26-12-9-23-52(58)54-33-31-44(38-63(54)67)65-55(37-43-17-5-11-25-57(43)66-65)46-34-42-16-4-6-20-49(42)62(40-46)69-61-29-15-10-24-53(61)56-36-41-30-32-48(35-45(41)39-64(56)69)68-59-27-13-7-21-50(59)51-22-8-14-28-60(51)68/h1-40H. The molecule has 0 saturated carbocycles. The van der Waals surface area contributed by atoms with Gasteiger partial charge in [-0.15, -0.1) is 0 Å². The van der Waals surface area contributed by atoms with Crippen LogP contribution in [0.15, 0.2) is 243 Å². The van der Waals surface area contributed by atoms with Gasteiger partial charge in [0.05, 0.1) is 50.0 Å². The first-order valence-corrected chi connectivity index (χ1v) is 23.7. The molecule has 0 radical (unpaired) electrons. The predicted octanol–water partition coefficient (Wildman–Crippen LogP) is 17.2. The van der Waals surface area contributed by atoms with E-state index in [1.807, 2.05) is 0 Å². The van der Waals surface area contributed by atoms with E-state index in [1.54, 1.807) is 0 Å². The molecule has 4 heteroatoms. The summed E-state index contributed by atoms with van der Waals surface area (Å²) in [5, 5.41) is 13.3. The van der Waals surface area contributed by atoms with Crippen LogP contribution in [0.5, 0.6) is 0 Å². The van der Waals surface area contributed by atoms with Gasteiger partial charge in [0, 0.05) is 65.6 Å². The van der Waals surface area contributed by atoms with Crippen molar-refractivity contribution in [2.24, 2.45) is 0 Å². The SMILES string of the molecule is c1ccc(-n2c3ccccc3c3ccc(-c4nc5ccccc5cc4-c4cc(-n5c6ccccc6c6cc7ccc(-n8c9ccccc9c9ccccc98)cc7cc65)c5ccccc5c4)cc32)cc1. The first kappa shape index (κ1) is 37.9. The lowest BCUT2D eigenvalue weighted by Gasteiger charge is -2.17. The van der Waals surface area contributed by atoms with Gasteiger partial charge in [-0.25, -0.2) is 4.98 Å². The molecule has 11 aromatic carbocycles. The van der Waals surface area contributed by atoms with Gasteiger partial charge in [0.25, 0.3) is 0 Å². The van der Waals surface area contributed by atoms with Crippen molar-refractivity contribution in [1.82, 2.24) is 18.7 Å². The minimum atomic E-state index is 0.951. The Morgan fingerprint density at radius 2 is 0.812 bits per heavy atom. The summed E-state index contributed by atoms with van der Waals surface area (Å²) in [4.78, 5) is 5.54. The highest BCUT2D eigenvalue weighted by molar-refractivity contribution is 6.16. The number of aromatic nitrogens is 4. The van der Waals surface area contributed by atoms with Crippen LogP contribution in [-0.2, 0) is 0 Å². The molecular weight excluding hydrogens is 837 g/mol. The molecule has 4 heterocycles. The Bertz CT molecular complexity index is 4550. The summed E-state index contributed by atoms with van der Waals surface area (Å²) in [5.74, 6) is 0. The Morgan fingerprint density at radius 1 is 0.261 bits per heavy atom. The first-order valence-electron chi connectivity index (χ1n) is 23.7. The summed E-state index contributed by atoms with van der Waals surface area (Å²) in [6.45, 7) is 0. The van der Waals surface area contributed by atoms with Crippen molar-refractivity contribution in [1.29, 1.82) is 0 Å². The van der Waals surface area contributed by atoms with Crippen molar-refractivity contribution >= 4 is 97.9 Å². The van der Waals surface area contributed by atoms with Gasteiger partial charge in [0.15, 0.2) is 0 Å². The molecule has 0 amide bonds. The fourth-order valence-corrected chi connectivity index (χ4v) is 11.5. The summed E-state index contributed by atoms with van der Waals surface area (Å²) in [5.41, 5.74) is 15.7. The van der Waals surface area contributed by atoms with E-state index in [0.29, 0.717) is 0 Å². The molecule has 15 aromatic rings. The van der Waals surface area contributed by atoms with Crippen molar-refractivity contribution in [3.8, 4) is 39.4 Å². The second-order valence-electron chi connectivity index (χ2n) is 18.3. The molecule has 0 bridgehead atoms. The summed E-state index contributed by atoms with van der Waals surface area (Å²) in [6, 6.07) is 88.8. The Balaban J connectivity index is 0.980. The summed E-state index contributed by atoms with van der Waals surface area (Å²) < 4.78 is 7.30. The summed E-state index contributed by atoms with van der Waals surface area (Å²) in [6.07, 6.45) is 0. The lowest BCUT2D eigenvalue weighted by molar-refractivity contribution is 1.18. The fraction of sp³-hybridized carbons (Fsp3) is 0. The topological polar surface area (TPSA) is 27.7 Å². The number of hydrogen-bond acceptors (Lipinski definition) is 1. The second kappa shape index (κ2) is 14.6. The molecule has 0 saturated heterocycles. The molecule has 0 N–H and O–H groups in total. The molecule has 0 spiro atoms. The van der Waals surface area contributed by atoms with E-state index in [2.05, 4.69) is 256 Å². The van der Waals surface area contributed by atoms with Crippen LogP contribution >= 0.6 is 0 Å². The van der Waals surface area contributed by atoms with Crippen LogP contribution in [-0.4, -0.2) is 18.7 Å². The Morgan fingerprint density at radius 3 is 1.52 bits per heavy atom. The molecule has 4 nitrogen and oxygen atoms in total. The van der Waals surface area contributed by atoms with E-state index in [1.165, 1.54) is 81.4 Å². The van der Waals surface area contributed by atoms with Gasteiger partial charge in [0.2, 0.25) is 0 Å². The number of pyridine rings is 1. The molecular formula is C65H40N4. The average molecular weight is 877 g/mol. The van der Waals surface area contributed by atoms with Crippen LogP contribution < -0.4 is 0 Å². The van der Waals surface area contributed by atoms with Crippen molar-refractivity contribution in [3.05, 3.63) is 243 Å². The van der Waals surface area contributed by atoms with Crippen molar-refractivity contribution in [3.63, 3.8) is 0 Å². The molecule has 0 aliphatic rings. The van der Waals surface area contributed by atoms with Crippen LogP contribution in [0.4, 0.5) is 0 Å². The zero-order valence-electron chi connectivity index (χ0n) is 37.4. The smallest absolute Gasteiger partial charge is 0.0788 e. The van der Waals surface area contributed by atoms with Crippen LogP contribution in [0.2, 0.25) is 0 Å². The maximum atomic E-state index is 5.54. The first-order chi connectivity index (χ1) is 34.2. The number of rotatable bonds is 5. The summed E-state index contributed by atoms with van der Waals surface area (Å²) in [7, 11) is 0. The molecule has 0 fully saturated rings. The zero-order chi connectivity index (χ0) is 45.2. The Hall–Kier alpha value is -9.25. The van der Waals surface area contributed by atoms with E-state index in [9.17, 15) is 0 Å². The number of para-hydroxylation sites is 6. The summed E-state index contributed by atoms with van der Waals surface area (Å²) >= 11 is 0. The van der Waals surface area contributed by atoms with Gasteiger partial charge in [-0.1, -0.05) is 152 Å². The highest BCUT2D eigenvalue weighted by Gasteiger charge is 2.21. The molecule has 0 atom stereocenters. The number of fused-ring (bicyclic) bond motifs is 12. The van der Waals surface area contributed by atoms with E-state index in [4.69, 9.17) is 4.98 Å². The monoisotopic (exact) mass is 876 g/mol. The molecule has 69 heavy (non-hydrogen) atoms. The third-order valence-corrected chi connectivity index (χ3v) is 14.5. The minimum Gasteiger partial charge on any atom is -0.309 e. The van der Waals surface area contributed by atoms with E-state index in [-0.39, 0.29) is 0 Å². The molecule has 0 unspecified atom stereocenters. The van der Waals surface area contributed by atoms with Gasteiger partial charge in [-0.05, 0) is 113 Å². The predicted molar refractivity (Wildman–Crippen MR) is 291 cm³/mol. The van der Waals surface area contributed by atoms with E-state index >= 15 is 0 Å². The van der Waals surface area contributed by atoms with Crippen LogP contribution in [0.1, 0.15) is 0 Å². The third kappa shape index (κ3) is 5.67. The van der Waals surface area contributed by atoms with Gasteiger partial charge >= 0.3 is 0 Å². The number of benzene rings is 11. The highest BCUT2D eigenvalue weighted by atomic mass is 15.0. The van der Waals surface area contributed by atoms with Crippen molar-refractivity contribution in [2.75, 3.05) is 0 Å². The lowest BCUT2D eigenvalue weighted by atomic mass is 9.94. The molecule has 15 rings (SSSR count). The fourth-order valence-electron chi connectivity index (χ4n) is 11.5. The maximum absolute atomic E-state index is 5.54. The average Bonchev–Trinajstić information content (AvgIpc) is 4.04. The van der Waals surface area contributed by atoms with Gasteiger partial charge < -0.3 is 13.7 Å². The van der Waals surface area contributed by atoms with Gasteiger partial charge in [-0.3, -0.25) is 0 Å². The number of nitrogens with zero attached hydrogens (tertiary/aromatic N) is 4. The van der Waals surface area contributed by atoms with Crippen LogP contribution in [0, 0.1) is 0 Å². The van der Waals surface area contributed by atoms with Crippen LogP contribution in [0.25, 0.3) is 137 Å². The lowest BCUT2D eigenvalue weighted by Crippen LogP contribution is -1.98. The van der Waals surface area contributed by atoms with E-state index in [0.717, 1.165) is 55.9 Å². The minimum absolute atomic E-state index is 0.951. The number of hydrogen-bond donors (Lipinski definition) is 0. The largest absolute Gasteiger partial charge is 0.309 e. The van der Waals surface area contributed by atoms with Crippen molar-refractivity contribution in [2.45, 2.75) is 0 Å². The Labute approximate surface area is 396 Å². The van der Waals surface area contributed by atoms with Crippen molar-refractivity contribution < 1.29 is 0 Å². The third-order valence-electron chi connectivity index (χ3n) is 14.5. The molecule has 4 aromatic heterocycles. The molecule has 0 aliphatic heterocycles. The highest BCUT2D eigenvalue weighted by Crippen LogP contribution is 2.43. The maximum Gasteiger partial charge on any atom is 0.0788 e. The normalized spacial score (nSPS) is 12.1. The quantitative estimate of drug-likeness (QED) is 0.169.